The largest absolute Gasteiger partial charge is 0.493 e. The van der Waals surface area contributed by atoms with Gasteiger partial charge < -0.3 is 8.92 Å². The van der Waals surface area contributed by atoms with Crippen LogP contribution in [-0.2, 0) is 10.1 Å². The summed E-state index contributed by atoms with van der Waals surface area (Å²) in [6, 6.07) is 13.6. The zero-order valence-electron chi connectivity index (χ0n) is 16.6. The first-order valence-electron chi connectivity index (χ1n) is 8.87. The van der Waals surface area contributed by atoms with Gasteiger partial charge in [-0.3, -0.25) is 15.5 Å². The van der Waals surface area contributed by atoms with Crippen LogP contribution in [0.1, 0.15) is 11.1 Å². The van der Waals surface area contributed by atoms with Gasteiger partial charge in [-0.25, -0.2) is 4.98 Å². The fraction of sp³-hybridized carbons (Fsp3) is 0.100. The summed E-state index contributed by atoms with van der Waals surface area (Å²) in [5.74, 6) is 0.534. The van der Waals surface area contributed by atoms with Crippen LogP contribution in [0, 0.1) is 17.0 Å². The second-order valence-corrected chi connectivity index (χ2v) is 7.84. The second-order valence-electron chi connectivity index (χ2n) is 6.29. The number of hydrazone groups is 1. The first-order chi connectivity index (χ1) is 14.8. The van der Waals surface area contributed by atoms with Crippen LogP contribution >= 0.6 is 0 Å². The van der Waals surface area contributed by atoms with E-state index in [0.29, 0.717) is 11.4 Å². The lowest BCUT2D eigenvalue weighted by Gasteiger charge is -2.11. The molecule has 0 atom stereocenters. The molecule has 0 aliphatic rings. The van der Waals surface area contributed by atoms with Crippen LogP contribution in [0.4, 0.5) is 11.5 Å². The van der Waals surface area contributed by atoms with E-state index in [2.05, 4.69) is 15.5 Å². The molecule has 11 heteroatoms. The summed E-state index contributed by atoms with van der Waals surface area (Å²) in [7, 11) is -2.66. The van der Waals surface area contributed by atoms with Crippen LogP contribution in [0.3, 0.4) is 0 Å². The van der Waals surface area contributed by atoms with E-state index in [1.165, 1.54) is 43.7 Å². The molecule has 0 fully saturated rings. The fourth-order valence-electron chi connectivity index (χ4n) is 2.44. The minimum Gasteiger partial charge on any atom is -0.493 e. The molecular weight excluding hydrogens is 424 g/mol. The van der Waals surface area contributed by atoms with Crippen molar-refractivity contribution in [2.24, 2.45) is 5.10 Å². The molecule has 1 aromatic heterocycles. The Kier molecular flexibility index (Phi) is 6.46. The second kappa shape index (κ2) is 9.22. The number of benzene rings is 2. The summed E-state index contributed by atoms with van der Waals surface area (Å²) in [5.41, 5.74) is 3.93. The Labute approximate surface area is 178 Å². The third kappa shape index (κ3) is 5.54. The summed E-state index contributed by atoms with van der Waals surface area (Å²) in [4.78, 5) is 14.0. The van der Waals surface area contributed by atoms with Gasteiger partial charge in [0.1, 0.15) is 16.9 Å². The molecular formula is C20H18N4O6S. The average Bonchev–Trinajstić information content (AvgIpc) is 2.74. The Morgan fingerprint density at radius 2 is 1.84 bits per heavy atom. The summed E-state index contributed by atoms with van der Waals surface area (Å²) < 4.78 is 35.6. The molecule has 0 aliphatic carbocycles. The highest BCUT2D eigenvalue weighted by atomic mass is 32.2. The zero-order valence-corrected chi connectivity index (χ0v) is 17.4. The molecule has 0 saturated carbocycles. The number of aryl methyl sites for hydroxylation is 1. The van der Waals surface area contributed by atoms with Crippen molar-refractivity contribution >= 4 is 27.8 Å². The van der Waals surface area contributed by atoms with Crippen molar-refractivity contribution in [2.75, 3.05) is 12.5 Å². The van der Waals surface area contributed by atoms with Gasteiger partial charge in [0.05, 0.1) is 18.2 Å². The highest BCUT2D eigenvalue weighted by Crippen LogP contribution is 2.30. The summed E-state index contributed by atoms with van der Waals surface area (Å²) in [5, 5.41) is 14.6. The molecule has 160 valence electrons. The van der Waals surface area contributed by atoms with E-state index in [9.17, 15) is 18.5 Å². The fourth-order valence-corrected chi connectivity index (χ4v) is 3.38. The van der Waals surface area contributed by atoms with Crippen LogP contribution in [0.25, 0.3) is 0 Å². The number of hydrogen-bond acceptors (Lipinski definition) is 9. The Bertz CT molecular complexity index is 1210. The van der Waals surface area contributed by atoms with Gasteiger partial charge in [-0.2, -0.15) is 13.5 Å². The van der Waals surface area contributed by atoms with Crippen molar-refractivity contribution < 1.29 is 22.3 Å². The zero-order chi connectivity index (χ0) is 22.4. The number of hydrogen-bond donors (Lipinski definition) is 1. The van der Waals surface area contributed by atoms with Gasteiger partial charge in [-0.1, -0.05) is 17.7 Å². The van der Waals surface area contributed by atoms with E-state index in [1.54, 1.807) is 24.3 Å². The average molecular weight is 442 g/mol. The minimum atomic E-state index is -4.06. The van der Waals surface area contributed by atoms with Crippen LogP contribution in [0.2, 0.25) is 0 Å². The molecule has 0 aliphatic heterocycles. The standard InChI is InChI=1S/C20H18N4O6S/c1-14-3-7-17(8-4-14)31(27,28)30-19-11-15(5-9-18(19)29-2)12-22-23-20-10-6-16(13-21-20)24(25)26/h3-13H,1-2H3,(H,21,23)/b22-12-. The molecule has 0 saturated heterocycles. The molecule has 31 heavy (non-hydrogen) atoms. The van der Waals surface area contributed by atoms with E-state index in [-0.39, 0.29) is 22.1 Å². The molecule has 10 nitrogen and oxygen atoms in total. The predicted molar refractivity (Wildman–Crippen MR) is 114 cm³/mol. The Morgan fingerprint density at radius 1 is 1.10 bits per heavy atom. The lowest BCUT2D eigenvalue weighted by atomic mass is 10.2. The van der Waals surface area contributed by atoms with E-state index < -0.39 is 15.0 Å². The van der Waals surface area contributed by atoms with Crippen LogP contribution in [0.15, 0.2) is 70.8 Å². The number of nitro groups is 1. The van der Waals surface area contributed by atoms with Crippen molar-refractivity contribution in [3.63, 3.8) is 0 Å². The maximum absolute atomic E-state index is 12.6. The highest BCUT2D eigenvalue weighted by molar-refractivity contribution is 7.87. The number of aromatic nitrogens is 1. The summed E-state index contributed by atoms with van der Waals surface area (Å²) >= 11 is 0. The number of methoxy groups -OCH3 is 1. The van der Waals surface area contributed by atoms with Gasteiger partial charge in [0.25, 0.3) is 5.69 Å². The third-order valence-electron chi connectivity index (χ3n) is 4.05. The lowest BCUT2D eigenvalue weighted by Crippen LogP contribution is -2.10. The number of rotatable bonds is 8. The highest BCUT2D eigenvalue weighted by Gasteiger charge is 2.19. The van der Waals surface area contributed by atoms with Gasteiger partial charge in [0.2, 0.25) is 0 Å². The number of nitrogens with zero attached hydrogens (tertiary/aromatic N) is 3. The number of anilines is 1. The SMILES string of the molecule is COc1ccc(/C=N\Nc2ccc([N+](=O)[O-])cn2)cc1OS(=O)(=O)c1ccc(C)cc1. The van der Waals surface area contributed by atoms with Crippen molar-refractivity contribution in [2.45, 2.75) is 11.8 Å². The van der Waals surface area contributed by atoms with Crippen molar-refractivity contribution in [1.29, 1.82) is 0 Å². The summed E-state index contributed by atoms with van der Waals surface area (Å²) in [6.45, 7) is 1.85. The molecule has 1 N–H and O–H groups in total. The van der Waals surface area contributed by atoms with Crippen molar-refractivity contribution in [3.05, 3.63) is 82.0 Å². The Balaban J connectivity index is 1.77. The molecule has 0 radical (unpaired) electrons. The third-order valence-corrected chi connectivity index (χ3v) is 5.30. The maximum atomic E-state index is 12.6. The number of pyridine rings is 1. The minimum absolute atomic E-state index is 0.000450. The van der Waals surface area contributed by atoms with Gasteiger partial charge in [0.15, 0.2) is 11.5 Å². The van der Waals surface area contributed by atoms with Crippen molar-refractivity contribution in [3.8, 4) is 11.5 Å². The lowest BCUT2D eigenvalue weighted by molar-refractivity contribution is -0.385. The number of nitrogens with one attached hydrogen (secondary N) is 1. The van der Waals surface area contributed by atoms with Gasteiger partial charge >= 0.3 is 10.1 Å². The van der Waals surface area contributed by atoms with E-state index in [4.69, 9.17) is 8.92 Å². The molecule has 1 heterocycles. The molecule has 3 rings (SSSR count). The van der Waals surface area contributed by atoms with Gasteiger partial charge in [-0.15, -0.1) is 0 Å². The quantitative estimate of drug-likeness (QED) is 0.242. The van der Waals surface area contributed by atoms with E-state index in [1.807, 2.05) is 6.92 Å². The van der Waals surface area contributed by atoms with E-state index >= 15 is 0 Å². The molecule has 0 amide bonds. The maximum Gasteiger partial charge on any atom is 0.339 e. The molecule has 0 unspecified atom stereocenters. The van der Waals surface area contributed by atoms with Gasteiger partial charge in [-0.05, 0) is 48.9 Å². The monoisotopic (exact) mass is 442 g/mol. The van der Waals surface area contributed by atoms with E-state index in [0.717, 1.165) is 11.8 Å². The number of ether oxygens (including phenoxy) is 1. The van der Waals surface area contributed by atoms with Crippen molar-refractivity contribution in [1.82, 2.24) is 4.98 Å². The Morgan fingerprint density at radius 3 is 2.45 bits per heavy atom. The first kappa shape index (κ1) is 21.7. The smallest absolute Gasteiger partial charge is 0.339 e. The summed E-state index contributed by atoms with van der Waals surface area (Å²) in [6.07, 6.45) is 2.51. The first-order valence-corrected chi connectivity index (χ1v) is 10.3. The molecule has 3 aromatic rings. The normalized spacial score (nSPS) is 11.3. The Hall–Kier alpha value is -3.99. The molecule has 0 spiro atoms. The van der Waals surface area contributed by atoms with Crippen LogP contribution in [0.5, 0.6) is 11.5 Å². The molecule has 2 aromatic carbocycles. The topological polar surface area (TPSA) is 133 Å². The van der Waals surface area contributed by atoms with Gasteiger partial charge in [0, 0.05) is 6.07 Å². The molecule has 0 bridgehead atoms. The van der Waals surface area contributed by atoms with Crippen LogP contribution < -0.4 is 14.3 Å². The van der Waals surface area contributed by atoms with Crippen LogP contribution in [-0.4, -0.2) is 31.6 Å². The predicted octanol–water partition coefficient (Wildman–Crippen LogP) is 3.52.